The molecular formula is C16H24FN3. The summed E-state index contributed by atoms with van der Waals surface area (Å²) in [7, 11) is 0. The van der Waals surface area contributed by atoms with E-state index in [9.17, 15) is 4.39 Å². The van der Waals surface area contributed by atoms with Crippen LogP contribution in [-0.4, -0.2) is 16.1 Å². The minimum atomic E-state index is -0.223. The summed E-state index contributed by atoms with van der Waals surface area (Å²) in [6, 6.07) is 4.76. The standard InChI is InChI=1S/C16H24FN3/c1-5-20-14-8-12(17)6-7-13(14)19-15(20)11(10-18)9-16(2,3)4/h6-8,11H,5,9-10,18H2,1-4H3. The SMILES string of the molecule is CCn1c(C(CN)CC(C)(C)C)nc2ccc(F)cc21. The minimum absolute atomic E-state index is 0.187. The Morgan fingerprint density at radius 1 is 1.35 bits per heavy atom. The molecule has 2 N–H and O–H groups in total. The Bertz CT molecular complexity index is 596. The molecule has 1 heterocycles. The average Bonchev–Trinajstić information content (AvgIpc) is 2.72. The molecule has 0 saturated carbocycles. The van der Waals surface area contributed by atoms with E-state index in [1.54, 1.807) is 12.1 Å². The zero-order valence-corrected chi connectivity index (χ0v) is 12.8. The molecule has 1 aromatic carbocycles. The van der Waals surface area contributed by atoms with Crippen molar-refractivity contribution in [2.75, 3.05) is 6.54 Å². The van der Waals surface area contributed by atoms with Crippen molar-refractivity contribution in [3.05, 3.63) is 29.8 Å². The van der Waals surface area contributed by atoms with Crippen LogP contribution in [-0.2, 0) is 6.54 Å². The van der Waals surface area contributed by atoms with Crippen molar-refractivity contribution in [3.8, 4) is 0 Å². The fourth-order valence-corrected chi connectivity index (χ4v) is 2.78. The lowest BCUT2D eigenvalue weighted by molar-refractivity contribution is 0.332. The highest BCUT2D eigenvalue weighted by molar-refractivity contribution is 5.76. The lowest BCUT2D eigenvalue weighted by atomic mass is 9.84. The fourth-order valence-electron chi connectivity index (χ4n) is 2.78. The molecule has 3 nitrogen and oxygen atoms in total. The quantitative estimate of drug-likeness (QED) is 0.926. The predicted molar refractivity (Wildman–Crippen MR) is 81.2 cm³/mol. The molecule has 0 fully saturated rings. The normalized spacial score (nSPS) is 13.9. The number of imidazole rings is 1. The van der Waals surface area contributed by atoms with Gasteiger partial charge in [-0.05, 0) is 37.0 Å². The summed E-state index contributed by atoms with van der Waals surface area (Å²) in [4.78, 5) is 4.70. The van der Waals surface area contributed by atoms with Gasteiger partial charge >= 0.3 is 0 Å². The third-order valence-corrected chi connectivity index (χ3v) is 3.56. The van der Waals surface area contributed by atoms with E-state index in [0.29, 0.717) is 6.54 Å². The van der Waals surface area contributed by atoms with Crippen molar-refractivity contribution in [1.29, 1.82) is 0 Å². The van der Waals surface area contributed by atoms with E-state index in [2.05, 4.69) is 32.3 Å². The highest BCUT2D eigenvalue weighted by Gasteiger charge is 2.24. The van der Waals surface area contributed by atoms with Gasteiger partial charge < -0.3 is 10.3 Å². The van der Waals surface area contributed by atoms with Gasteiger partial charge in [-0.25, -0.2) is 9.37 Å². The maximum atomic E-state index is 13.5. The van der Waals surface area contributed by atoms with E-state index in [1.165, 1.54) is 6.07 Å². The second-order valence-electron chi connectivity index (χ2n) is 6.54. The van der Waals surface area contributed by atoms with Gasteiger partial charge in [-0.15, -0.1) is 0 Å². The van der Waals surface area contributed by atoms with E-state index in [-0.39, 0.29) is 17.2 Å². The number of benzene rings is 1. The van der Waals surface area contributed by atoms with E-state index in [0.717, 1.165) is 29.8 Å². The topological polar surface area (TPSA) is 43.8 Å². The Morgan fingerprint density at radius 2 is 2.05 bits per heavy atom. The lowest BCUT2D eigenvalue weighted by Crippen LogP contribution is -2.22. The number of aromatic nitrogens is 2. The van der Waals surface area contributed by atoms with Gasteiger partial charge in [-0.2, -0.15) is 0 Å². The number of fused-ring (bicyclic) bond motifs is 1. The smallest absolute Gasteiger partial charge is 0.125 e. The largest absolute Gasteiger partial charge is 0.330 e. The Morgan fingerprint density at radius 3 is 2.60 bits per heavy atom. The molecule has 1 unspecified atom stereocenters. The third kappa shape index (κ3) is 3.01. The van der Waals surface area contributed by atoms with Gasteiger partial charge in [0.15, 0.2) is 0 Å². The van der Waals surface area contributed by atoms with Crippen LogP contribution in [0.25, 0.3) is 11.0 Å². The van der Waals surface area contributed by atoms with Crippen molar-refractivity contribution in [2.45, 2.75) is 46.6 Å². The molecule has 4 heteroatoms. The molecule has 0 aliphatic carbocycles. The lowest BCUT2D eigenvalue weighted by Gasteiger charge is -2.25. The summed E-state index contributed by atoms with van der Waals surface area (Å²) in [5.74, 6) is 0.953. The molecule has 0 aliphatic rings. The number of halogens is 1. The molecule has 2 rings (SSSR count). The van der Waals surface area contributed by atoms with Gasteiger partial charge in [0, 0.05) is 19.0 Å². The molecule has 1 aromatic heterocycles. The van der Waals surface area contributed by atoms with E-state index in [1.807, 2.05) is 0 Å². The zero-order chi connectivity index (χ0) is 14.9. The van der Waals surface area contributed by atoms with E-state index < -0.39 is 0 Å². The molecule has 0 aliphatic heterocycles. The molecule has 1 atom stereocenters. The zero-order valence-electron chi connectivity index (χ0n) is 12.8. The first kappa shape index (κ1) is 15.0. The Balaban J connectivity index is 2.52. The van der Waals surface area contributed by atoms with Crippen molar-refractivity contribution in [2.24, 2.45) is 11.1 Å². The third-order valence-electron chi connectivity index (χ3n) is 3.56. The highest BCUT2D eigenvalue weighted by atomic mass is 19.1. The maximum Gasteiger partial charge on any atom is 0.125 e. The molecule has 110 valence electrons. The van der Waals surface area contributed by atoms with Gasteiger partial charge in [0.25, 0.3) is 0 Å². The van der Waals surface area contributed by atoms with Crippen LogP contribution in [0.1, 0.15) is 45.9 Å². The van der Waals surface area contributed by atoms with Gasteiger partial charge in [-0.3, -0.25) is 0 Å². The Hall–Kier alpha value is -1.42. The highest BCUT2D eigenvalue weighted by Crippen LogP contribution is 2.32. The first-order chi connectivity index (χ1) is 9.35. The van der Waals surface area contributed by atoms with Crippen LogP contribution in [0.4, 0.5) is 4.39 Å². The number of hydrogen-bond acceptors (Lipinski definition) is 2. The molecule has 0 saturated heterocycles. The van der Waals surface area contributed by atoms with Crippen LogP contribution in [0.5, 0.6) is 0 Å². The second kappa shape index (κ2) is 5.52. The summed E-state index contributed by atoms with van der Waals surface area (Å²) in [5, 5.41) is 0. The molecule has 0 amide bonds. The summed E-state index contributed by atoms with van der Waals surface area (Å²) >= 11 is 0. The van der Waals surface area contributed by atoms with Gasteiger partial charge in [0.05, 0.1) is 11.0 Å². The van der Waals surface area contributed by atoms with Crippen LogP contribution >= 0.6 is 0 Å². The molecule has 0 spiro atoms. The van der Waals surface area contributed by atoms with E-state index >= 15 is 0 Å². The van der Waals surface area contributed by atoms with Crippen LogP contribution < -0.4 is 5.73 Å². The number of nitrogens with two attached hydrogens (primary N) is 1. The monoisotopic (exact) mass is 277 g/mol. The van der Waals surface area contributed by atoms with Crippen molar-refractivity contribution in [3.63, 3.8) is 0 Å². The van der Waals surface area contributed by atoms with Gasteiger partial charge in [-0.1, -0.05) is 20.8 Å². The molecule has 20 heavy (non-hydrogen) atoms. The van der Waals surface area contributed by atoms with Crippen LogP contribution in [0.3, 0.4) is 0 Å². The molecular weight excluding hydrogens is 253 g/mol. The van der Waals surface area contributed by atoms with Crippen LogP contribution in [0.15, 0.2) is 18.2 Å². The summed E-state index contributed by atoms with van der Waals surface area (Å²) in [6.07, 6.45) is 0.968. The molecule has 2 aromatic rings. The first-order valence-electron chi connectivity index (χ1n) is 7.21. The van der Waals surface area contributed by atoms with Crippen molar-refractivity contribution in [1.82, 2.24) is 9.55 Å². The van der Waals surface area contributed by atoms with Gasteiger partial charge in [0.2, 0.25) is 0 Å². The fraction of sp³-hybridized carbons (Fsp3) is 0.562. The number of hydrogen-bond donors (Lipinski definition) is 1. The van der Waals surface area contributed by atoms with Crippen molar-refractivity contribution >= 4 is 11.0 Å². The average molecular weight is 277 g/mol. The maximum absolute atomic E-state index is 13.5. The molecule has 0 radical (unpaired) electrons. The van der Waals surface area contributed by atoms with Crippen LogP contribution in [0.2, 0.25) is 0 Å². The second-order valence-corrected chi connectivity index (χ2v) is 6.54. The Labute approximate surface area is 120 Å². The Kier molecular flexibility index (Phi) is 4.14. The summed E-state index contributed by atoms with van der Waals surface area (Å²) in [6.45, 7) is 10.00. The predicted octanol–water partition coefficient (Wildman–Crippen LogP) is 3.67. The number of rotatable bonds is 4. The molecule has 0 bridgehead atoms. The first-order valence-corrected chi connectivity index (χ1v) is 7.21. The number of nitrogens with zero attached hydrogens (tertiary/aromatic N) is 2. The van der Waals surface area contributed by atoms with Crippen molar-refractivity contribution < 1.29 is 4.39 Å². The summed E-state index contributed by atoms with van der Waals surface area (Å²) in [5.41, 5.74) is 7.85. The van der Waals surface area contributed by atoms with Crippen LogP contribution in [0, 0.1) is 11.2 Å². The minimum Gasteiger partial charge on any atom is -0.330 e. The summed E-state index contributed by atoms with van der Waals surface area (Å²) < 4.78 is 15.5. The van der Waals surface area contributed by atoms with Gasteiger partial charge in [0.1, 0.15) is 11.6 Å². The van der Waals surface area contributed by atoms with E-state index in [4.69, 9.17) is 10.7 Å². The number of aryl methyl sites for hydroxylation is 1.